The molecule has 0 amide bonds. The molecule has 0 bridgehead atoms. The molecule has 76 valence electrons. The summed E-state index contributed by atoms with van der Waals surface area (Å²) >= 11 is 2.90. The number of carbonyl (C=O) groups excluding carboxylic acids is 1. The Balaban J connectivity index is 3.35. The maximum Gasteiger partial charge on any atom is 0.267 e. The molecule has 0 spiro atoms. The van der Waals surface area contributed by atoms with Crippen molar-refractivity contribution < 1.29 is 18.7 Å². The first-order chi connectivity index (χ1) is 6.43. The summed E-state index contributed by atoms with van der Waals surface area (Å²) in [6, 6.07) is 2.30. The van der Waals surface area contributed by atoms with Crippen LogP contribution in [0, 0.1) is 0 Å². The highest BCUT2D eigenvalue weighted by Crippen LogP contribution is 2.35. The number of aromatic hydroxyl groups is 1. The molecular formula is C9H7BrF2O2. The summed E-state index contributed by atoms with van der Waals surface area (Å²) in [7, 11) is 0. The first-order valence-corrected chi connectivity index (χ1v) is 4.54. The molecule has 0 aromatic heterocycles. The average molecular weight is 265 g/mol. The molecule has 0 fully saturated rings. The predicted octanol–water partition coefficient (Wildman–Crippen LogP) is 3.29. The van der Waals surface area contributed by atoms with E-state index in [-0.39, 0.29) is 15.8 Å². The van der Waals surface area contributed by atoms with Crippen LogP contribution in [0.3, 0.4) is 0 Å². The topological polar surface area (TPSA) is 37.3 Å². The van der Waals surface area contributed by atoms with Crippen molar-refractivity contribution in [3.8, 4) is 5.75 Å². The van der Waals surface area contributed by atoms with Crippen LogP contribution in [0.2, 0.25) is 0 Å². The Kier molecular flexibility index (Phi) is 3.21. The first kappa shape index (κ1) is 11.1. The Morgan fingerprint density at radius 3 is 2.50 bits per heavy atom. The zero-order valence-electron chi connectivity index (χ0n) is 7.22. The van der Waals surface area contributed by atoms with Crippen molar-refractivity contribution >= 4 is 21.7 Å². The van der Waals surface area contributed by atoms with Crippen molar-refractivity contribution in [1.82, 2.24) is 0 Å². The summed E-state index contributed by atoms with van der Waals surface area (Å²) in [5, 5.41) is 9.24. The lowest BCUT2D eigenvalue weighted by Gasteiger charge is -2.07. The monoisotopic (exact) mass is 264 g/mol. The van der Waals surface area contributed by atoms with E-state index in [1.54, 1.807) is 0 Å². The number of phenolic OH excluding ortho intramolecular Hbond substituents is 1. The van der Waals surface area contributed by atoms with E-state index < -0.39 is 17.7 Å². The van der Waals surface area contributed by atoms with E-state index in [2.05, 4.69) is 15.9 Å². The van der Waals surface area contributed by atoms with Crippen LogP contribution in [0.5, 0.6) is 5.75 Å². The summed E-state index contributed by atoms with van der Waals surface area (Å²) in [4.78, 5) is 10.9. The molecule has 0 unspecified atom stereocenters. The zero-order chi connectivity index (χ0) is 10.9. The molecule has 0 atom stereocenters. The predicted molar refractivity (Wildman–Crippen MR) is 50.8 cm³/mol. The molecule has 0 saturated heterocycles. The van der Waals surface area contributed by atoms with Gasteiger partial charge in [0.2, 0.25) is 0 Å². The van der Waals surface area contributed by atoms with Gasteiger partial charge in [-0.25, -0.2) is 8.78 Å². The first-order valence-electron chi connectivity index (χ1n) is 3.75. The zero-order valence-corrected chi connectivity index (χ0v) is 8.81. The van der Waals surface area contributed by atoms with Gasteiger partial charge in [-0.3, -0.25) is 4.79 Å². The van der Waals surface area contributed by atoms with Crippen LogP contribution in [0.1, 0.15) is 29.3 Å². The molecular weight excluding hydrogens is 258 g/mol. The van der Waals surface area contributed by atoms with Gasteiger partial charge in [0, 0.05) is 5.56 Å². The standard InChI is InChI=1S/C9H7BrF2O2/c1-4(13)5-2-6(9(11)12)8(14)7(10)3-5/h2-3,9,14H,1H3. The van der Waals surface area contributed by atoms with E-state index in [9.17, 15) is 18.7 Å². The maximum atomic E-state index is 12.4. The summed E-state index contributed by atoms with van der Waals surface area (Å²) < 4.78 is 24.8. The number of phenols is 1. The summed E-state index contributed by atoms with van der Waals surface area (Å²) in [5.74, 6) is -0.849. The van der Waals surface area contributed by atoms with E-state index in [1.165, 1.54) is 13.0 Å². The van der Waals surface area contributed by atoms with Gasteiger partial charge in [0.1, 0.15) is 5.75 Å². The number of halogens is 3. The largest absolute Gasteiger partial charge is 0.506 e. The average Bonchev–Trinajstić information content (AvgIpc) is 2.08. The molecule has 1 rings (SSSR count). The van der Waals surface area contributed by atoms with E-state index in [0.29, 0.717) is 0 Å². The van der Waals surface area contributed by atoms with Crippen LogP contribution in [0.25, 0.3) is 0 Å². The van der Waals surface area contributed by atoms with Gasteiger partial charge in [0.05, 0.1) is 10.0 Å². The minimum absolute atomic E-state index is 0.0977. The number of Topliss-reactive ketones (excluding diaryl/α,β-unsaturated/α-hetero) is 1. The molecule has 1 aromatic rings. The smallest absolute Gasteiger partial charge is 0.267 e. The molecule has 0 aliphatic rings. The highest BCUT2D eigenvalue weighted by atomic mass is 79.9. The molecule has 0 aliphatic carbocycles. The van der Waals surface area contributed by atoms with Gasteiger partial charge in [0.15, 0.2) is 5.78 Å². The maximum absolute atomic E-state index is 12.4. The van der Waals surface area contributed by atoms with Crippen LogP contribution in [-0.2, 0) is 0 Å². The van der Waals surface area contributed by atoms with Crippen LogP contribution in [0.4, 0.5) is 8.78 Å². The van der Waals surface area contributed by atoms with Gasteiger partial charge in [-0.2, -0.15) is 0 Å². The summed E-state index contributed by atoms with van der Waals surface area (Å²) in [6.07, 6.45) is -2.80. The van der Waals surface area contributed by atoms with Gasteiger partial charge in [0.25, 0.3) is 6.43 Å². The van der Waals surface area contributed by atoms with Gasteiger partial charge >= 0.3 is 0 Å². The lowest BCUT2D eigenvalue weighted by Crippen LogP contribution is -1.96. The number of hydrogen-bond acceptors (Lipinski definition) is 2. The lowest BCUT2D eigenvalue weighted by atomic mass is 10.1. The molecule has 1 N–H and O–H groups in total. The van der Waals surface area contributed by atoms with E-state index in [0.717, 1.165) is 6.07 Å². The number of hydrogen-bond donors (Lipinski definition) is 1. The van der Waals surface area contributed by atoms with Crippen LogP contribution in [-0.4, -0.2) is 10.9 Å². The van der Waals surface area contributed by atoms with Crippen molar-refractivity contribution in [1.29, 1.82) is 0 Å². The summed E-state index contributed by atoms with van der Waals surface area (Å²) in [6.45, 7) is 1.27. The quantitative estimate of drug-likeness (QED) is 0.833. The van der Waals surface area contributed by atoms with Crippen LogP contribution >= 0.6 is 15.9 Å². The van der Waals surface area contributed by atoms with Gasteiger partial charge in [-0.05, 0) is 35.0 Å². The van der Waals surface area contributed by atoms with Gasteiger partial charge in [-0.1, -0.05) is 0 Å². The van der Waals surface area contributed by atoms with E-state index >= 15 is 0 Å². The third-order valence-corrected chi connectivity index (χ3v) is 2.34. The van der Waals surface area contributed by atoms with Crippen molar-refractivity contribution in [2.75, 3.05) is 0 Å². The molecule has 0 radical (unpaired) electrons. The minimum Gasteiger partial charge on any atom is -0.506 e. The van der Waals surface area contributed by atoms with Gasteiger partial charge in [-0.15, -0.1) is 0 Å². The molecule has 14 heavy (non-hydrogen) atoms. The third-order valence-electron chi connectivity index (χ3n) is 1.73. The van der Waals surface area contributed by atoms with Crippen LogP contribution in [0.15, 0.2) is 16.6 Å². The number of ketones is 1. The highest BCUT2D eigenvalue weighted by molar-refractivity contribution is 9.10. The SMILES string of the molecule is CC(=O)c1cc(Br)c(O)c(C(F)F)c1. The number of rotatable bonds is 2. The molecule has 0 aliphatic heterocycles. The number of benzene rings is 1. The fourth-order valence-corrected chi connectivity index (χ4v) is 1.47. The second-order valence-electron chi connectivity index (χ2n) is 2.75. The van der Waals surface area contributed by atoms with E-state index in [4.69, 9.17) is 0 Å². The fraction of sp³-hybridized carbons (Fsp3) is 0.222. The Hall–Kier alpha value is -0.970. The minimum atomic E-state index is -2.80. The molecule has 1 aromatic carbocycles. The second kappa shape index (κ2) is 4.04. The Morgan fingerprint density at radius 1 is 1.50 bits per heavy atom. The lowest BCUT2D eigenvalue weighted by molar-refractivity contribution is 0.101. The Labute approximate surface area is 87.7 Å². The van der Waals surface area contributed by atoms with Crippen molar-refractivity contribution in [3.05, 3.63) is 27.7 Å². The third kappa shape index (κ3) is 2.09. The van der Waals surface area contributed by atoms with Crippen molar-refractivity contribution in [2.24, 2.45) is 0 Å². The Bertz CT molecular complexity index is 377. The molecule has 0 heterocycles. The number of carbonyl (C=O) groups is 1. The summed E-state index contributed by atoms with van der Waals surface area (Å²) in [5.41, 5.74) is -0.394. The highest BCUT2D eigenvalue weighted by Gasteiger charge is 2.17. The van der Waals surface area contributed by atoms with Crippen LogP contribution < -0.4 is 0 Å². The normalized spacial score (nSPS) is 10.6. The molecule has 2 nitrogen and oxygen atoms in total. The van der Waals surface area contributed by atoms with Crippen molar-refractivity contribution in [3.63, 3.8) is 0 Å². The molecule has 0 saturated carbocycles. The number of alkyl halides is 2. The fourth-order valence-electron chi connectivity index (χ4n) is 0.990. The Morgan fingerprint density at radius 2 is 2.07 bits per heavy atom. The van der Waals surface area contributed by atoms with Crippen molar-refractivity contribution in [2.45, 2.75) is 13.3 Å². The van der Waals surface area contributed by atoms with Gasteiger partial charge < -0.3 is 5.11 Å². The molecule has 5 heteroatoms. The van der Waals surface area contributed by atoms with E-state index in [1.807, 2.05) is 0 Å². The second-order valence-corrected chi connectivity index (χ2v) is 3.61.